The van der Waals surface area contributed by atoms with Gasteiger partial charge in [-0.25, -0.2) is 4.79 Å². The minimum Gasteiger partial charge on any atom is -0.480 e. The fourth-order valence-corrected chi connectivity index (χ4v) is 5.95. The van der Waals surface area contributed by atoms with Crippen molar-refractivity contribution in [3.05, 3.63) is 30.3 Å². The molecule has 1 aromatic rings. The summed E-state index contributed by atoms with van der Waals surface area (Å²) in [5.41, 5.74) is 0. The van der Waals surface area contributed by atoms with Crippen LogP contribution >= 0.6 is 11.8 Å². The molecule has 1 aromatic carbocycles. The Balaban J connectivity index is 2.32. The lowest BCUT2D eigenvalue weighted by molar-refractivity contribution is -0.140. The van der Waals surface area contributed by atoms with Gasteiger partial charge in [0, 0.05) is 12.7 Å². The van der Waals surface area contributed by atoms with Crippen LogP contribution in [-0.4, -0.2) is 42.6 Å². The molecule has 1 rings (SSSR count). The van der Waals surface area contributed by atoms with Crippen LogP contribution in [0.3, 0.4) is 0 Å². The Bertz CT molecular complexity index is 493. The quantitative estimate of drug-likeness (QED) is 0.535. The van der Waals surface area contributed by atoms with E-state index in [0.29, 0.717) is 5.75 Å². The molecule has 2 N–H and O–H groups in total. The molecule has 0 fully saturated rings. The van der Waals surface area contributed by atoms with E-state index in [9.17, 15) is 9.59 Å². The fourth-order valence-electron chi connectivity index (χ4n) is 2.27. The molecule has 0 heterocycles. The van der Waals surface area contributed by atoms with Crippen LogP contribution in [0.25, 0.3) is 0 Å². The Morgan fingerprint density at radius 1 is 1.27 bits per heavy atom. The van der Waals surface area contributed by atoms with Crippen LogP contribution in [0.2, 0.25) is 19.1 Å². The number of hydrogen-bond donors (Lipinski definition) is 2. The Kier molecular flexibility index (Phi) is 7.68. The van der Waals surface area contributed by atoms with Crippen LogP contribution in [0, 0.1) is 0 Å². The van der Waals surface area contributed by atoms with Crippen LogP contribution < -0.4 is 10.5 Å². The van der Waals surface area contributed by atoms with Gasteiger partial charge < -0.3 is 10.4 Å². The molecule has 4 nitrogen and oxygen atoms in total. The van der Waals surface area contributed by atoms with Gasteiger partial charge in [-0.15, -0.1) is 0 Å². The maximum absolute atomic E-state index is 11.0. The van der Waals surface area contributed by atoms with Gasteiger partial charge in [-0.2, -0.15) is 11.8 Å². The average molecular weight is 340 g/mol. The maximum atomic E-state index is 11.0. The van der Waals surface area contributed by atoms with Crippen molar-refractivity contribution in [1.82, 2.24) is 5.32 Å². The van der Waals surface area contributed by atoms with Gasteiger partial charge in [0.1, 0.15) is 6.04 Å². The number of carbonyl (C=O) groups excluding carboxylic acids is 1. The van der Waals surface area contributed by atoms with Crippen molar-refractivity contribution < 1.29 is 14.7 Å². The van der Waals surface area contributed by atoms with Crippen LogP contribution in [0.1, 0.15) is 13.3 Å². The van der Waals surface area contributed by atoms with Crippen LogP contribution in [-0.2, 0) is 9.59 Å². The summed E-state index contributed by atoms with van der Waals surface area (Å²) in [6.07, 6.45) is 1.07. The largest absolute Gasteiger partial charge is 0.480 e. The summed E-state index contributed by atoms with van der Waals surface area (Å²) in [6.45, 7) is 6.07. The molecular formula is C16H25NO3SSi. The molecule has 0 saturated heterocycles. The third kappa shape index (κ3) is 6.66. The van der Waals surface area contributed by atoms with E-state index in [1.54, 1.807) is 11.8 Å². The molecule has 0 saturated carbocycles. The number of carboxylic acid groups (broad SMARTS) is 1. The number of thioether (sulfide) groups is 1. The third-order valence-electron chi connectivity index (χ3n) is 3.61. The highest BCUT2D eigenvalue weighted by Crippen LogP contribution is 2.16. The van der Waals surface area contributed by atoms with Gasteiger partial charge in [0.2, 0.25) is 5.91 Å². The van der Waals surface area contributed by atoms with Gasteiger partial charge in [-0.1, -0.05) is 54.7 Å². The Morgan fingerprint density at radius 3 is 2.45 bits per heavy atom. The first-order valence-corrected chi connectivity index (χ1v) is 11.8. The molecule has 1 unspecified atom stereocenters. The molecule has 0 aliphatic rings. The van der Waals surface area contributed by atoms with E-state index >= 15 is 0 Å². The van der Waals surface area contributed by atoms with Crippen molar-refractivity contribution in [2.45, 2.75) is 38.5 Å². The van der Waals surface area contributed by atoms with E-state index < -0.39 is 20.1 Å². The highest BCUT2D eigenvalue weighted by Gasteiger charge is 2.22. The zero-order chi connectivity index (χ0) is 16.6. The number of amides is 1. The zero-order valence-electron chi connectivity index (χ0n) is 13.5. The number of carboxylic acids is 1. The minimum atomic E-state index is -1.40. The number of aliphatic carboxylic acids is 1. The SMILES string of the molecule is CC(=O)NC(CSCCC[Si](C)(C)c1ccccc1)C(=O)O. The van der Waals surface area contributed by atoms with Crippen molar-refractivity contribution in [3.63, 3.8) is 0 Å². The lowest BCUT2D eigenvalue weighted by Gasteiger charge is -2.23. The third-order valence-corrected chi connectivity index (χ3v) is 8.25. The standard InChI is InChI=1S/C16H25NO3SSi/c1-13(18)17-15(16(19)20)12-21-10-7-11-22(2,3)14-8-5-4-6-9-14/h4-6,8-9,15H,7,10-12H2,1-3H3,(H,17,18)(H,19,20). The highest BCUT2D eigenvalue weighted by atomic mass is 32.2. The molecule has 22 heavy (non-hydrogen) atoms. The van der Waals surface area contributed by atoms with Crippen molar-refractivity contribution >= 4 is 36.9 Å². The Hall–Kier alpha value is -1.27. The molecule has 0 radical (unpaired) electrons. The molecule has 0 aromatic heterocycles. The van der Waals surface area contributed by atoms with Crippen molar-refractivity contribution in [3.8, 4) is 0 Å². The second kappa shape index (κ2) is 9.00. The first kappa shape index (κ1) is 18.8. The van der Waals surface area contributed by atoms with E-state index in [0.717, 1.165) is 12.2 Å². The normalized spacial score (nSPS) is 12.7. The van der Waals surface area contributed by atoms with Crippen molar-refractivity contribution in [1.29, 1.82) is 0 Å². The lowest BCUT2D eigenvalue weighted by atomic mass is 10.3. The average Bonchev–Trinajstić information content (AvgIpc) is 2.46. The summed E-state index contributed by atoms with van der Waals surface area (Å²) in [5.74, 6) is 0.0711. The number of carbonyl (C=O) groups is 2. The Labute approximate surface area is 137 Å². The second-order valence-electron chi connectivity index (χ2n) is 6.02. The molecule has 122 valence electrons. The Morgan fingerprint density at radius 2 is 1.91 bits per heavy atom. The second-order valence-corrected chi connectivity index (χ2v) is 12.0. The smallest absolute Gasteiger partial charge is 0.327 e. The maximum Gasteiger partial charge on any atom is 0.327 e. The van der Waals surface area contributed by atoms with Gasteiger partial charge in [-0.05, 0) is 12.2 Å². The topological polar surface area (TPSA) is 66.4 Å². The minimum absolute atomic E-state index is 0.300. The predicted octanol–water partition coefficient (Wildman–Crippen LogP) is 2.31. The molecule has 0 aliphatic heterocycles. The summed E-state index contributed by atoms with van der Waals surface area (Å²) in [5, 5.41) is 13.0. The summed E-state index contributed by atoms with van der Waals surface area (Å²) in [7, 11) is -1.40. The summed E-state index contributed by atoms with van der Waals surface area (Å²) in [6, 6.07) is 11.0. The molecular weight excluding hydrogens is 314 g/mol. The van der Waals surface area contributed by atoms with Crippen molar-refractivity contribution in [2.24, 2.45) is 0 Å². The number of benzene rings is 1. The lowest BCUT2D eigenvalue weighted by Crippen LogP contribution is -2.42. The zero-order valence-corrected chi connectivity index (χ0v) is 15.3. The predicted molar refractivity (Wildman–Crippen MR) is 95.5 cm³/mol. The van der Waals surface area contributed by atoms with Gasteiger partial charge in [0.15, 0.2) is 0 Å². The van der Waals surface area contributed by atoms with E-state index in [-0.39, 0.29) is 5.91 Å². The van der Waals surface area contributed by atoms with Gasteiger partial charge >= 0.3 is 5.97 Å². The van der Waals surface area contributed by atoms with Crippen LogP contribution in [0.15, 0.2) is 30.3 Å². The molecule has 0 bridgehead atoms. The summed E-state index contributed by atoms with van der Waals surface area (Å²) < 4.78 is 0. The summed E-state index contributed by atoms with van der Waals surface area (Å²) in [4.78, 5) is 22.0. The first-order chi connectivity index (χ1) is 10.3. The van der Waals surface area contributed by atoms with E-state index in [2.05, 4.69) is 42.7 Å². The molecule has 0 aliphatic carbocycles. The van der Waals surface area contributed by atoms with E-state index in [4.69, 9.17) is 5.11 Å². The number of hydrogen-bond acceptors (Lipinski definition) is 3. The van der Waals surface area contributed by atoms with Gasteiger partial charge in [0.25, 0.3) is 0 Å². The van der Waals surface area contributed by atoms with E-state index in [1.165, 1.54) is 18.2 Å². The summed E-state index contributed by atoms with van der Waals surface area (Å²) >= 11 is 1.59. The number of rotatable bonds is 9. The highest BCUT2D eigenvalue weighted by molar-refractivity contribution is 7.99. The molecule has 1 atom stereocenters. The first-order valence-electron chi connectivity index (χ1n) is 7.46. The molecule has 1 amide bonds. The van der Waals surface area contributed by atoms with Crippen molar-refractivity contribution in [2.75, 3.05) is 11.5 Å². The molecule has 0 spiro atoms. The molecule has 6 heteroatoms. The fraction of sp³-hybridized carbons (Fsp3) is 0.500. The van der Waals surface area contributed by atoms with Gasteiger partial charge in [0.05, 0.1) is 8.07 Å². The van der Waals surface area contributed by atoms with Crippen LogP contribution in [0.4, 0.5) is 0 Å². The monoisotopic (exact) mass is 339 g/mol. The number of nitrogens with one attached hydrogen (secondary N) is 1. The van der Waals surface area contributed by atoms with Crippen LogP contribution in [0.5, 0.6) is 0 Å². The van der Waals surface area contributed by atoms with Gasteiger partial charge in [-0.3, -0.25) is 4.79 Å². The van der Waals surface area contributed by atoms with E-state index in [1.807, 2.05) is 6.07 Å².